The minimum Gasteiger partial charge on any atom is -0.324 e. The van der Waals surface area contributed by atoms with E-state index in [0.717, 1.165) is 21.6 Å². The maximum atomic E-state index is 13.2. The largest absolute Gasteiger partial charge is 0.324 e. The van der Waals surface area contributed by atoms with E-state index in [1.165, 1.54) is 11.3 Å². The van der Waals surface area contributed by atoms with Gasteiger partial charge >= 0.3 is 0 Å². The first-order chi connectivity index (χ1) is 12.0. The number of amides is 2. The first-order valence-corrected chi connectivity index (χ1v) is 8.92. The number of nitrogens with zero attached hydrogens (tertiary/aromatic N) is 3. The molecule has 3 aromatic rings. The molecule has 0 aliphatic carbocycles. The Morgan fingerprint density at radius 2 is 2.12 bits per heavy atom. The average molecular weight is 354 g/mol. The van der Waals surface area contributed by atoms with Gasteiger partial charge in [-0.25, -0.2) is 0 Å². The quantitative estimate of drug-likeness (QED) is 0.730. The zero-order valence-corrected chi connectivity index (χ0v) is 15.1. The molecule has 2 aromatic heterocycles. The lowest BCUT2D eigenvalue weighted by Gasteiger charge is -2.22. The summed E-state index contributed by atoms with van der Waals surface area (Å²) in [6.07, 6.45) is 0. The molecule has 2 amide bonds. The first-order valence-electron chi connectivity index (χ1n) is 8.10. The van der Waals surface area contributed by atoms with Crippen molar-refractivity contribution in [1.29, 1.82) is 0 Å². The molecule has 1 aliphatic rings. The van der Waals surface area contributed by atoms with Crippen molar-refractivity contribution in [3.8, 4) is 0 Å². The predicted molar refractivity (Wildman–Crippen MR) is 99.2 cm³/mol. The smallest absolute Gasteiger partial charge is 0.268 e. The number of benzene rings is 1. The van der Waals surface area contributed by atoms with E-state index in [-0.39, 0.29) is 17.7 Å². The fourth-order valence-electron chi connectivity index (χ4n) is 3.16. The number of fused-ring (bicyclic) bond motifs is 2. The first kappa shape index (κ1) is 15.8. The molecule has 0 bridgehead atoms. The Balaban J connectivity index is 1.79. The molecule has 128 valence electrons. The molecule has 7 heteroatoms. The van der Waals surface area contributed by atoms with E-state index in [1.54, 1.807) is 9.58 Å². The summed E-state index contributed by atoms with van der Waals surface area (Å²) in [6.45, 7) is 4.13. The van der Waals surface area contributed by atoms with Crippen LogP contribution in [0.25, 0.3) is 10.2 Å². The molecule has 0 fully saturated rings. The van der Waals surface area contributed by atoms with Gasteiger partial charge < -0.3 is 10.2 Å². The number of rotatable bonds is 1. The van der Waals surface area contributed by atoms with Crippen molar-refractivity contribution in [2.45, 2.75) is 13.8 Å². The summed E-state index contributed by atoms with van der Waals surface area (Å²) in [6, 6.07) is 9.32. The number of hydrogen-bond acceptors (Lipinski definition) is 4. The number of nitrogens with one attached hydrogen (secondary N) is 1. The topological polar surface area (TPSA) is 67.2 Å². The van der Waals surface area contributed by atoms with Gasteiger partial charge in [-0.15, -0.1) is 11.3 Å². The molecule has 0 saturated heterocycles. The minimum absolute atomic E-state index is 0.0702. The average Bonchev–Trinajstić information content (AvgIpc) is 3.10. The molecule has 25 heavy (non-hydrogen) atoms. The maximum Gasteiger partial charge on any atom is 0.268 e. The van der Waals surface area contributed by atoms with Gasteiger partial charge in [0.2, 0.25) is 5.91 Å². The van der Waals surface area contributed by atoms with Gasteiger partial charge in [-0.2, -0.15) is 5.10 Å². The third-order valence-electron chi connectivity index (χ3n) is 4.51. The van der Waals surface area contributed by atoms with Crippen LogP contribution in [-0.2, 0) is 11.8 Å². The van der Waals surface area contributed by atoms with Gasteiger partial charge in [0.05, 0.1) is 27.9 Å². The lowest BCUT2D eigenvalue weighted by molar-refractivity contribution is -0.119. The zero-order chi connectivity index (χ0) is 17.7. The second-order valence-corrected chi connectivity index (χ2v) is 7.39. The number of aromatic nitrogens is 2. The van der Waals surface area contributed by atoms with Gasteiger partial charge in [0.1, 0.15) is 4.83 Å². The van der Waals surface area contributed by atoms with E-state index < -0.39 is 0 Å². The van der Waals surface area contributed by atoms with Crippen molar-refractivity contribution in [3.05, 3.63) is 40.9 Å². The molecule has 4 rings (SSSR count). The minimum atomic E-state index is -0.283. The van der Waals surface area contributed by atoms with Gasteiger partial charge in [-0.1, -0.05) is 19.1 Å². The van der Waals surface area contributed by atoms with Crippen LogP contribution >= 0.6 is 11.3 Å². The zero-order valence-electron chi connectivity index (χ0n) is 14.2. The molecule has 1 unspecified atom stereocenters. The summed E-state index contributed by atoms with van der Waals surface area (Å²) in [7, 11) is 1.88. The van der Waals surface area contributed by atoms with Gasteiger partial charge in [-0.3, -0.25) is 14.3 Å². The monoisotopic (exact) mass is 354 g/mol. The highest BCUT2D eigenvalue weighted by Crippen LogP contribution is 2.34. The molecule has 1 aromatic carbocycles. The van der Waals surface area contributed by atoms with Crippen LogP contribution in [-0.4, -0.2) is 28.1 Å². The summed E-state index contributed by atoms with van der Waals surface area (Å²) in [4.78, 5) is 28.8. The van der Waals surface area contributed by atoms with Crippen LogP contribution in [0.2, 0.25) is 0 Å². The summed E-state index contributed by atoms with van der Waals surface area (Å²) in [5, 5.41) is 8.29. The van der Waals surface area contributed by atoms with Crippen LogP contribution in [0.5, 0.6) is 0 Å². The number of aryl methyl sites for hydroxylation is 2. The van der Waals surface area contributed by atoms with E-state index in [0.29, 0.717) is 17.1 Å². The highest BCUT2D eigenvalue weighted by Gasteiger charge is 2.30. The summed E-state index contributed by atoms with van der Waals surface area (Å²) >= 11 is 1.43. The standard InChI is InChI=1S/C18H18N4O2S/c1-10-9-22(14-7-5-4-6-13(14)19-16(10)23)17(24)15-8-12-11(2)20-21(3)18(12)25-15/h4-8,10H,9H2,1-3H3,(H,19,23). The van der Waals surface area contributed by atoms with E-state index in [9.17, 15) is 9.59 Å². The van der Waals surface area contributed by atoms with Crippen molar-refractivity contribution in [2.24, 2.45) is 13.0 Å². The van der Waals surface area contributed by atoms with E-state index >= 15 is 0 Å². The summed E-state index contributed by atoms with van der Waals surface area (Å²) in [5.74, 6) is -0.440. The van der Waals surface area contributed by atoms with Crippen LogP contribution in [0.1, 0.15) is 22.3 Å². The van der Waals surface area contributed by atoms with Gasteiger partial charge in [0.25, 0.3) is 5.91 Å². The van der Waals surface area contributed by atoms with Gasteiger partial charge in [0.15, 0.2) is 0 Å². The fraction of sp³-hybridized carbons (Fsp3) is 0.278. The van der Waals surface area contributed by atoms with E-state index in [1.807, 2.05) is 51.2 Å². The van der Waals surface area contributed by atoms with Crippen molar-refractivity contribution >= 4 is 44.7 Å². The Labute approximate surface area is 149 Å². The third-order valence-corrected chi connectivity index (χ3v) is 5.70. The van der Waals surface area contributed by atoms with Crippen LogP contribution in [0.15, 0.2) is 30.3 Å². The second-order valence-electron chi connectivity index (χ2n) is 6.36. The lowest BCUT2D eigenvalue weighted by Crippen LogP contribution is -2.35. The number of para-hydroxylation sites is 2. The molecular weight excluding hydrogens is 336 g/mol. The number of hydrogen-bond donors (Lipinski definition) is 1. The van der Waals surface area contributed by atoms with Crippen LogP contribution in [0.3, 0.4) is 0 Å². The number of carbonyl (C=O) groups is 2. The van der Waals surface area contributed by atoms with Crippen molar-refractivity contribution in [2.75, 3.05) is 16.8 Å². The molecule has 3 heterocycles. The molecular formula is C18H18N4O2S. The number of carbonyl (C=O) groups excluding carboxylic acids is 2. The highest BCUT2D eigenvalue weighted by molar-refractivity contribution is 7.20. The molecule has 0 radical (unpaired) electrons. The summed E-state index contributed by atoms with van der Waals surface area (Å²) < 4.78 is 1.80. The van der Waals surface area contributed by atoms with Crippen LogP contribution < -0.4 is 10.2 Å². The molecule has 1 atom stereocenters. The van der Waals surface area contributed by atoms with E-state index in [4.69, 9.17) is 0 Å². The molecule has 6 nitrogen and oxygen atoms in total. The molecule has 1 N–H and O–H groups in total. The fourth-order valence-corrected chi connectivity index (χ4v) is 4.23. The van der Waals surface area contributed by atoms with Crippen LogP contribution in [0.4, 0.5) is 11.4 Å². The number of anilines is 2. The Kier molecular flexibility index (Phi) is 3.61. The van der Waals surface area contributed by atoms with Gasteiger partial charge in [0, 0.05) is 19.0 Å². The maximum absolute atomic E-state index is 13.2. The molecule has 0 spiro atoms. The normalized spacial score (nSPS) is 17.3. The van der Waals surface area contributed by atoms with Crippen molar-refractivity contribution < 1.29 is 9.59 Å². The lowest BCUT2D eigenvalue weighted by atomic mass is 10.1. The second kappa shape index (κ2) is 5.70. The molecule has 0 saturated carbocycles. The number of thiophene rings is 1. The Hall–Kier alpha value is -2.67. The van der Waals surface area contributed by atoms with Gasteiger partial charge in [-0.05, 0) is 25.1 Å². The SMILES string of the molecule is Cc1nn(C)c2sc(C(=O)N3CC(C)C(=O)Nc4ccccc43)cc12. The Bertz CT molecular complexity index is 969. The predicted octanol–water partition coefficient (Wildman–Crippen LogP) is 3.18. The Morgan fingerprint density at radius 1 is 1.36 bits per heavy atom. The van der Waals surface area contributed by atoms with E-state index in [2.05, 4.69) is 10.4 Å². The van der Waals surface area contributed by atoms with Crippen molar-refractivity contribution in [3.63, 3.8) is 0 Å². The molecule has 1 aliphatic heterocycles. The summed E-state index contributed by atoms with van der Waals surface area (Å²) in [5.41, 5.74) is 2.32. The Morgan fingerprint density at radius 3 is 2.88 bits per heavy atom. The highest BCUT2D eigenvalue weighted by atomic mass is 32.1. The third kappa shape index (κ3) is 2.51. The van der Waals surface area contributed by atoms with Crippen LogP contribution in [0, 0.1) is 12.8 Å². The van der Waals surface area contributed by atoms with Crippen molar-refractivity contribution in [1.82, 2.24) is 9.78 Å².